The van der Waals surface area contributed by atoms with E-state index in [2.05, 4.69) is 5.32 Å². The van der Waals surface area contributed by atoms with Gasteiger partial charge in [0.1, 0.15) is 9.23 Å². The molecule has 1 aromatic rings. The Hall–Kier alpha value is 0.150. The van der Waals surface area contributed by atoms with Crippen LogP contribution >= 0.6 is 34.5 Å². The van der Waals surface area contributed by atoms with Gasteiger partial charge in [0.15, 0.2) is 0 Å². The van der Waals surface area contributed by atoms with Crippen LogP contribution in [0.4, 0.5) is 0 Å². The van der Waals surface area contributed by atoms with Gasteiger partial charge in [0, 0.05) is 19.1 Å². The summed E-state index contributed by atoms with van der Waals surface area (Å²) >= 11 is 13.0. The molecule has 0 aromatic carbocycles. The molecule has 0 amide bonds. The molecule has 2 heterocycles. The molecule has 1 aliphatic heterocycles. The zero-order chi connectivity index (χ0) is 14.8. The molecule has 4 nitrogen and oxygen atoms in total. The van der Waals surface area contributed by atoms with Gasteiger partial charge >= 0.3 is 0 Å². The topological polar surface area (TPSA) is 49.4 Å². The fraction of sp³-hybridized carbons (Fsp3) is 0.667. The van der Waals surface area contributed by atoms with Gasteiger partial charge in [0.25, 0.3) is 0 Å². The molecule has 1 atom stereocenters. The summed E-state index contributed by atoms with van der Waals surface area (Å²) in [7, 11) is -3.59. The number of hydrogen-bond acceptors (Lipinski definition) is 4. The maximum atomic E-state index is 12.8. The summed E-state index contributed by atoms with van der Waals surface area (Å²) in [5.74, 6) is 0. The van der Waals surface area contributed by atoms with Crippen LogP contribution in [0, 0.1) is 0 Å². The van der Waals surface area contributed by atoms with Gasteiger partial charge in [-0.25, -0.2) is 8.42 Å². The normalized spacial score (nSPS) is 20.5. The van der Waals surface area contributed by atoms with E-state index in [0.29, 0.717) is 17.4 Å². The Morgan fingerprint density at radius 1 is 1.50 bits per heavy atom. The van der Waals surface area contributed by atoms with Crippen molar-refractivity contribution < 1.29 is 8.42 Å². The first-order valence-electron chi connectivity index (χ1n) is 6.64. The Bertz CT molecular complexity index is 554. The summed E-state index contributed by atoms with van der Waals surface area (Å²) in [6, 6.07) is 1.44. The predicted molar refractivity (Wildman–Crippen MR) is 84.4 cm³/mol. The fourth-order valence-electron chi connectivity index (χ4n) is 2.43. The van der Waals surface area contributed by atoms with Crippen molar-refractivity contribution in [2.75, 3.05) is 19.6 Å². The highest BCUT2D eigenvalue weighted by Crippen LogP contribution is 2.36. The van der Waals surface area contributed by atoms with Gasteiger partial charge in [0.2, 0.25) is 10.0 Å². The minimum absolute atomic E-state index is 0.0107. The Labute approximate surface area is 134 Å². The van der Waals surface area contributed by atoms with E-state index in [0.717, 1.165) is 37.1 Å². The molecule has 20 heavy (non-hydrogen) atoms. The van der Waals surface area contributed by atoms with Crippen molar-refractivity contribution in [2.24, 2.45) is 0 Å². The number of nitrogens with one attached hydrogen (secondary N) is 1. The van der Waals surface area contributed by atoms with Gasteiger partial charge < -0.3 is 5.32 Å². The third kappa shape index (κ3) is 3.48. The standard InChI is InChI=1S/C12H18Cl2N2O2S2/c1-2-6-16(9-4-3-5-15-8-9)20(17,18)10-7-11(13)19-12(10)14/h7,9,15H,2-6,8H2,1H3. The van der Waals surface area contributed by atoms with E-state index in [1.807, 2.05) is 6.92 Å². The van der Waals surface area contributed by atoms with Gasteiger partial charge in [-0.1, -0.05) is 30.1 Å². The number of rotatable bonds is 5. The number of piperidine rings is 1. The molecule has 1 aliphatic rings. The molecule has 1 saturated heterocycles. The highest BCUT2D eigenvalue weighted by atomic mass is 35.5. The van der Waals surface area contributed by atoms with Gasteiger partial charge in [-0.05, 0) is 31.9 Å². The summed E-state index contributed by atoms with van der Waals surface area (Å²) < 4.78 is 27.8. The SMILES string of the molecule is CCCN(C1CCCNC1)S(=O)(=O)c1cc(Cl)sc1Cl. The summed E-state index contributed by atoms with van der Waals surface area (Å²) in [4.78, 5) is 0.133. The van der Waals surface area contributed by atoms with Crippen LogP contribution < -0.4 is 5.32 Å². The van der Waals surface area contributed by atoms with Crippen molar-refractivity contribution in [3.8, 4) is 0 Å². The highest BCUT2D eigenvalue weighted by molar-refractivity contribution is 7.89. The minimum Gasteiger partial charge on any atom is -0.315 e. The van der Waals surface area contributed by atoms with E-state index < -0.39 is 10.0 Å². The third-order valence-corrected chi connectivity index (χ3v) is 7.04. The lowest BCUT2D eigenvalue weighted by Crippen LogP contribution is -2.48. The molecule has 0 aliphatic carbocycles. The summed E-state index contributed by atoms with van der Waals surface area (Å²) in [5, 5.41) is 3.25. The van der Waals surface area contributed by atoms with Crippen LogP contribution in [0.2, 0.25) is 8.67 Å². The van der Waals surface area contributed by atoms with Gasteiger partial charge in [-0.3, -0.25) is 0 Å². The number of thiophene rings is 1. The lowest BCUT2D eigenvalue weighted by molar-refractivity contribution is 0.266. The Kier molecular flexibility index (Phi) is 5.73. The van der Waals surface area contributed by atoms with E-state index in [-0.39, 0.29) is 15.3 Å². The van der Waals surface area contributed by atoms with Crippen molar-refractivity contribution in [1.29, 1.82) is 0 Å². The van der Waals surface area contributed by atoms with Crippen LogP contribution in [0.3, 0.4) is 0 Å². The molecule has 1 N–H and O–H groups in total. The molecule has 114 valence electrons. The van der Waals surface area contributed by atoms with Crippen LogP contribution in [0.15, 0.2) is 11.0 Å². The second kappa shape index (κ2) is 6.94. The molecule has 0 bridgehead atoms. The first kappa shape index (κ1) is 16.5. The maximum absolute atomic E-state index is 12.8. The second-order valence-corrected chi connectivity index (χ2v) is 8.95. The lowest BCUT2D eigenvalue weighted by Gasteiger charge is -2.33. The smallest absolute Gasteiger partial charge is 0.245 e. The molecule has 0 saturated carbocycles. The van der Waals surface area contributed by atoms with Crippen molar-refractivity contribution >= 4 is 44.6 Å². The second-order valence-electron chi connectivity index (χ2n) is 4.80. The largest absolute Gasteiger partial charge is 0.315 e. The molecule has 1 unspecified atom stereocenters. The van der Waals surface area contributed by atoms with E-state index in [1.165, 1.54) is 6.07 Å². The van der Waals surface area contributed by atoms with Gasteiger partial charge in [-0.15, -0.1) is 11.3 Å². The van der Waals surface area contributed by atoms with Crippen LogP contribution in [0.1, 0.15) is 26.2 Å². The Balaban J connectivity index is 2.33. The van der Waals surface area contributed by atoms with E-state index >= 15 is 0 Å². The molecular weight excluding hydrogens is 339 g/mol. The first-order valence-corrected chi connectivity index (χ1v) is 9.65. The van der Waals surface area contributed by atoms with Crippen LogP contribution in [-0.2, 0) is 10.0 Å². The van der Waals surface area contributed by atoms with Gasteiger partial charge in [-0.2, -0.15) is 4.31 Å². The first-order chi connectivity index (χ1) is 9.46. The number of nitrogens with zero attached hydrogens (tertiary/aromatic N) is 1. The summed E-state index contributed by atoms with van der Waals surface area (Å²) in [5.41, 5.74) is 0. The maximum Gasteiger partial charge on any atom is 0.245 e. The molecule has 0 radical (unpaired) electrons. The summed E-state index contributed by atoms with van der Waals surface area (Å²) in [6.07, 6.45) is 2.63. The number of hydrogen-bond donors (Lipinski definition) is 1. The minimum atomic E-state index is -3.59. The molecule has 0 spiro atoms. The molecule has 8 heteroatoms. The van der Waals surface area contributed by atoms with Crippen molar-refractivity contribution in [2.45, 2.75) is 37.1 Å². The van der Waals surface area contributed by atoms with E-state index in [1.54, 1.807) is 4.31 Å². The lowest BCUT2D eigenvalue weighted by atomic mass is 10.1. The quantitative estimate of drug-likeness (QED) is 0.880. The monoisotopic (exact) mass is 356 g/mol. The zero-order valence-electron chi connectivity index (χ0n) is 11.2. The predicted octanol–water partition coefficient (Wildman–Crippen LogP) is 3.21. The molecule has 2 rings (SSSR count). The third-order valence-electron chi connectivity index (χ3n) is 3.33. The fourth-order valence-corrected chi connectivity index (χ4v) is 6.29. The molecule has 1 aromatic heterocycles. The average molecular weight is 357 g/mol. The number of sulfonamides is 1. The van der Waals surface area contributed by atoms with Crippen LogP contribution in [0.5, 0.6) is 0 Å². The van der Waals surface area contributed by atoms with E-state index in [4.69, 9.17) is 23.2 Å². The molecular formula is C12H18Cl2N2O2S2. The summed E-state index contributed by atoms with van der Waals surface area (Å²) in [6.45, 7) is 4.11. The van der Waals surface area contributed by atoms with Crippen LogP contribution in [0.25, 0.3) is 0 Å². The van der Waals surface area contributed by atoms with Gasteiger partial charge in [0.05, 0.1) is 4.34 Å². The highest BCUT2D eigenvalue weighted by Gasteiger charge is 2.34. The Morgan fingerprint density at radius 2 is 2.25 bits per heavy atom. The van der Waals surface area contributed by atoms with Crippen molar-refractivity contribution in [1.82, 2.24) is 9.62 Å². The molecule has 1 fully saturated rings. The van der Waals surface area contributed by atoms with Crippen molar-refractivity contribution in [3.63, 3.8) is 0 Å². The Morgan fingerprint density at radius 3 is 2.75 bits per heavy atom. The van der Waals surface area contributed by atoms with E-state index in [9.17, 15) is 8.42 Å². The number of halogens is 2. The zero-order valence-corrected chi connectivity index (χ0v) is 14.4. The average Bonchev–Trinajstić information content (AvgIpc) is 2.76. The van der Waals surface area contributed by atoms with Crippen LogP contribution in [-0.4, -0.2) is 38.4 Å². The van der Waals surface area contributed by atoms with Crippen molar-refractivity contribution in [3.05, 3.63) is 14.7 Å².